The zero-order chi connectivity index (χ0) is 9.10. The van der Waals surface area contributed by atoms with Gasteiger partial charge in [0, 0.05) is 5.56 Å². The van der Waals surface area contributed by atoms with Crippen LogP contribution in [0.2, 0.25) is 0 Å². The highest BCUT2D eigenvalue weighted by Gasteiger charge is 2.06. The van der Waals surface area contributed by atoms with Crippen molar-refractivity contribution in [3.63, 3.8) is 0 Å². The molecule has 2 rings (SSSR count). The Morgan fingerprint density at radius 1 is 1.31 bits per heavy atom. The van der Waals surface area contributed by atoms with Crippen LogP contribution in [0.15, 0.2) is 41.5 Å². The van der Waals surface area contributed by atoms with E-state index in [1.54, 1.807) is 6.08 Å². The number of hydrogen-bond acceptors (Lipinski definition) is 3. The third kappa shape index (κ3) is 1.66. The first-order valence-corrected chi connectivity index (χ1v) is 3.80. The van der Waals surface area contributed by atoms with Gasteiger partial charge >= 0.3 is 0 Å². The molecular weight excluding hydrogens is 169 g/mol. The monoisotopic (exact) mass is 176 g/mol. The van der Waals surface area contributed by atoms with Gasteiger partial charge in [0.1, 0.15) is 0 Å². The Morgan fingerprint density at radius 2 is 2.08 bits per heavy atom. The average molecular weight is 176 g/mol. The van der Waals surface area contributed by atoms with Crippen LogP contribution in [0.4, 0.5) is 4.48 Å². The SMILES string of the molecule is FN1N=C(c2ccccc2)C=[C]N1. The Bertz CT molecular complexity index is 345. The van der Waals surface area contributed by atoms with Crippen molar-refractivity contribution in [1.82, 2.24) is 10.8 Å². The third-order valence-corrected chi connectivity index (χ3v) is 1.63. The molecule has 0 spiro atoms. The van der Waals surface area contributed by atoms with Crippen molar-refractivity contribution in [3.8, 4) is 0 Å². The van der Waals surface area contributed by atoms with Gasteiger partial charge in [0.2, 0.25) is 0 Å². The molecule has 1 aliphatic rings. The number of nitrogens with one attached hydrogen (secondary N) is 1. The number of rotatable bonds is 1. The molecule has 0 saturated heterocycles. The molecule has 0 fully saturated rings. The van der Waals surface area contributed by atoms with Gasteiger partial charge in [-0.1, -0.05) is 34.8 Å². The summed E-state index contributed by atoms with van der Waals surface area (Å²) in [5.74, 6) is 0. The highest BCUT2D eigenvalue weighted by Crippen LogP contribution is 2.05. The summed E-state index contributed by atoms with van der Waals surface area (Å²) in [6.07, 6.45) is 4.12. The molecule has 4 heteroatoms. The lowest BCUT2D eigenvalue weighted by Gasteiger charge is -2.12. The molecule has 13 heavy (non-hydrogen) atoms. The summed E-state index contributed by atoms with van der Waals surface area (Å²) < 4.78 is 12.6. The molecular formula is C9H7FN3. The van der Waals surface area contributed by atoms with Crippen molar-refractivity contribution in [1.29, 1.82) is 0 Å². The van der Waals surface area contributed by atoms with E-state index in [1.807, 2.05) is 30.3 Å². The van der Waals surface area contributed by atoms with Crippen molar-refractivity contribution in [2.24, 2.45) is 5.10 Å². The lowest BCUT2D eigenvalue weighted by molar-refractivity contribution is -0.0168. The van der Waals surface area contributed by atoms with E-state index in [4.69, 9.17) is 0 Å². The molecule has 0 unspecified atom stereocenters. The fourth-order valence-corrected chi connectivity index (χ4v) is 1.05. The summed E-state index contributed by atoms with van der Waals surface area (Å²) in [5.41, 5.74) is 3.56. The van der Waals surface area contributed by atoms with Crippen molar-refractivity contribution >= 4 is 5.71 Å². The first-order chi connectivity index (χ1) is 6.36. The maximum absolute atomic E-state index is 12.6. The Hall–Kier alpha value is -1.84. The molecule has 0 atom stereocenters. The molecule has 0 amide bonds. The maximum Gasteiger partial charge on any atom is 0.0974 e. The van der Waals surface area contributed by atoms with Crippen LogP contribution in [0.3, 0.4) is 0 Å². The van der Waals surface area contributed by atoms with E-state index in [9.17, 15) is 4.48 Å². The largest absolute Gasteiger partial charge is 0.251 e. The highest BCUT2D eigenvalue weighted by atomic mass is 19.2. The molecule has 3 nitrogen and oxygen atoms in total. The number of hydrazone groups is 1. The van der Waals surface area contributed by atoms with Crippen LogP contribution < -0.4 is 5.43 Å². The maximum atomic E-state index is 12.6. The summed E-state index contributed by atoms with van der Waals surface area (Å²) in [5, 5.41) is 3.73. The fourth-order valence-electron chi connectivity index (χ4n) is 1.05. The van der Waals surface area contributed by atoms with E-state index >= 15 is 0 Å². The third-order valence-electron chi connectivity index (χ3n) is 1.63. The lowest BCUT2D eigenvalue weighted by atomic mass is 10.1. The van der Waals surface area contributed by atoms with Gasteiger partial charge in [-0.05, 0) is 11.4 Å². The van der Waals surface area contributed by atoms with Crippen molar-refractivity contribution in [2.45, 2.75) is 0 Å². The Morgan fingerprint density at radius 3 is 2.77 bits per heavy atom. The predicted octanol–water partition coefficient (Wildman–Crippen LogP) is 1.41. The minimum Gasteiger partial charge on any atom is -0.251 e. The minimum absolute atomic E-state index is 0.127. The van der Waals surface area contributed by atoms with E-state index in [1.165, 1.54) is 0 Å². The van der Waals surface area contributed by atoms with Crippen LogP contribution >= 0.6 is 0 Å². The van der Waals surface area contributed by atoms with Gasteiger partial charge in [0.15, 0.2) is 0 Å². The van der Waals surface area contributed by atoms with Gasteiger partial charge in [-0.3, -0.25) is 5.43 Å². The molecule has 1 heterocycles. The predicted molar refractivity (Wildman–Crippen MR) is 46.9 cm³/mol. The number of halogens is 1. The number of allylic oxidation sites excluding steroid dienone is 1. The second-order valence-electron chi connectivity index (χ2n) is 2.51. The number of hydrogen-bond donors (Lipinski definition) is 1. The van der Waals surface area contributed by atoms with Gasteiger partial charge in [-0.15, -0.1) is 5.10 Å². The Labute approximate surface area is 75.1 Å². The summed E-state index contributed by atoms with van der Waals surface area (Å²) >= 11 is 0. The first kappa shape index (κ1) is 7.79. The first-order valence-electron chi connectivity index (χ1n) is 3.80. The molecule has 1 aliphatic heterocycles. The molecule has 0 bridgehead atoms. The molecule has 1 radical (unpaired) electrons. The van der Waals surface area contributed by atoms with Gasteiger partial charge in [-0.2, -0.15) is 0 Å². The summed E-state index contributed by atoms with van der Waals surface area (Å²) in [4.78, 5) is 0. The van der Waals surface area contributed by atoms with Gasteiger partial charge in [0.25, 0.3) is 0 Å². The van der Waals surface area contributed by atoms with Gasteiger partial charge in [0.05, 0.1) is 11.9 Å². The average Bonchev–Trinajstić information content (AvgIpc) is 2.19. The molecule has 65 valence electrons. The van der Waals surface area contributed by atoms with Crippen LogP contribution in [0.1, 0.15) is 5.56 Å². The lowest BCUT2D eigenvalue weighted by Crippen LogP contribution is -2.26. The number of benzene rings is 1. The van der Waals surface area contributed by atoms with E-state index in [0.29, 0.717) is 5.71 Å². The van der Waals surface area contributed by atoms with E-state index in [2.05, 4.69) is 16.7 Å². The Balaban J connectivity index is 2.32. The fraction of sp³-hybridized carbons (Fsp3) is 0. The molecule has 0 aliphatic carbocycles. The summed E-state index contributed by atoms with van der Waals surface area (Å²) in [7, 11) is 0. The Kier molecular flexibility index (Phi) is 1.96. The summed E-state index contributed by atoms with van der Waals surface area (Å²) in [6, 6.07) is 9.35. The van der Waals surface area contributed by atoms with Crippen molar-refractivity contribution in [2.75, 3.05) is 0 Å². The van der Waals surface area contributed by atoms with E-state index < -0.39 is 0 Å². The van der Waals surface area contributed by atoms with Crippen molar-refractivity contribution in [3.05, 3.63) is 48.2 Å². The van der Waals surface area contributed by atoms with Gasteiger partial charge in [-0.25, -0.2) is 0 Å². The smallest absolute Gasteiger partial charge is 0.0974 e. The van der Waals surface area contributed by atoms with Crippen LogP contribution in [0, 0.1) is 6.20 Å². The molecule has 1 aromatic carbocycles. The number of hydrazine groups is 1. The summed E-state index contributed by atoms with van der Waals surface area (Å²) in [6.45, 7) is 0. The zero-order valence-electron chi connectivity index (χ0n) is 6.74. The quantitative estimate of drug-likeness (QED) is 0.655. The van der Waals surface area contributed by atoms with Crippen LogP contribution in [0.25, 0.3) is 0 Å². The minimum atomic E-state index is 0.127. The number of nitrogens with zero attached hydrogens (tertiary/aromatic N) is 2. The van der Waals surface area contributed by atoms with E-state index in [0.717, 1.165) is 5.56 Å². The zero-order valence-corrected chi connectivity index (χ0v) is 6.74. The van der Waals surface area contributed by atoms with E-state index in [-0.39, 0.29) is 5.34 Å². The van der Waals surface area contributed by atoms with Crippen LogP contribution in [0.5, 0.6) is 0 Å². The second kappa shape index (κ2) is 3.26. The van der Waals surface area contributed by atoms with Gasteiger partial charge < -0.3 is 0 Å². The van der Waals surface area contributed by atoms with Crippen LogP contribution in [-0.2, 0) is 0 Å². The second-order valence-corrected chi connectivity index (χ2v) is 2.51. The topological polar surface area (TPSA) is 27.6 Å². The standard InChI is InChI=1S/C9H7FN3/c10-13-11-7-6-9(12-13)8-4-2-1-3-5-8/h1-6,11H. The van der Waals surface area contributed by atoms with Crippen molar-refractivity contribution < 1.29 is 4.48 Å². The molecule has 1 N–H and O–H groups in total. The van der Waals surface area contributed by atoms with Crippen LogP contribution in [-0.4, -0.2) is 11.1 Å². The highest BCUT2D eigenvalue weighted by molar-refractivity contribution is 6.08. The molecule has 0 aromatic heterocycles. The normalized spacial score (nSPS) is 15.2. The molecule has 0 saturated carbocycles. The molecule has 1 aromatic rings.